The van der Waals surface area contributed by atoms with Crippen LogP contribution in [0.4, 0.5) is 10.2 Å². The van der Waals surface area contributed by atoms with Crippen LogP contribution in [0.2, 0.25) is 0 Å². The quantitative estimate of drug-likeness (QED) is 0.717. The molecule has 3 heterocycles. The fourth-order valence-electron chi connectivity index (χ4n) is 3.55. The van der Waals surface area contributed by atoms with Crippen LogP contribution in [-0.2, 0) is 0 Å². The van der Waals surface area contributed by atoms with Crippen molar-refractivity contribution in [3.8, 4) is 5.75 Å². The first-order chi connectivity index (χ1) is 12.5. The van der Waals surface area contributed by atoms with Crippen molar-refractivity contribution in [1.82, 2.24) is 14.6 Å². The summed E-state index contributed by atoms with van der Waals surface area (Å²) in [4.78, 5) is 6.87. The predicted molar refractivity (Wildman–Crippen MR) is 99.5 cm³/mol. The summed E-state index contributed by atoms with van der Waals surface area (Å²) < 4.78 is 21.1. The van der Waals surface area contributed by atoms with E-state index in [-0.39, 0.29) is 11.9 Å². The number of fused-ring (bicyclic) bond motifs is 1. The van der Waals surface area contributed by atoms with Crippen LogP contribution in [0.15, 0.2) is 30.5 Å². The largest absolute Gasteiger partial charge is 0.490 e. The zero-order chi connectivity index (χ0) is 18.3. The van der Waals surface area contributed by atoms with Crippen LogP contribution in [0.25, 0.3) is 5.65 Å². The van der Waals surface area contributed by atoms with Crippen LogP contribution < -0.4 is 9.64 Å². The lowest BCUT2D eigenvalue weighted by atomic mass is 10.1. The van der Waals surface area contributed by atoms with Gasteiger partial charge in [-0.15, -0.1) is 5.10 Å². The molecule has 0 spiro atoms. The lowest BCUT2D eigenvalue weighted by Gasteiger charge is -2.33. The average molecular weight is 354 g/mol. The Morgan fingerprint density at radius 3 is 2.62 bits per heavy atom. The molecule has 1 aliphatic rings. The molecule has 0 saturated carbocycles. The molecule has 3 aromatic rings. The van der Waals surface area contributed by atoms with E-state index in [2.05, 4.69) is 23.7 Å². The highest BCUT2D eigenvalue weighted by molar-refractivity contribution is 5.59. The first-order valence-electron chi connectivity index (χ1n) is 9.01. The molecule has 0 radical (unpaired) electrons. The van der Waals surface area contributed by atoms with E-state index in [1.165, 1.54) is 23.3 Å². The van der Waals surface area contributed by atoms with Gasteiger partial charge in [-0.25, -0.2) is 13.9 Å². The molecular formula is C20H23FN4O. The first-order valence-corrected chi connectivity index (χ1v) is 9.01. The highest BCUT2D eigenvalue weighted by Gasteiger charge is 2.24. The van der Waals surface area contributed by atoms with Gasteiger partial charge in [0.2, 0.25) is 0 Å². The third-order valence-electron chi connectivity index (χ3n) is 5.08. The van der Waals surface area contributed by atoms with Crippen LogP contribution >= 0.6 is 0 Å². The number of imidazole rings is 1. The van der Waals surface area contributed by atoms with Gasteiger partial charge in [0.05, 0.1) is 11.9 Å². The summed E-state index contributed by atoms with van der Waals surface area (Å²) in [6, 6.07) is 6.36. The topological polar surface area (TPSA) is 42.7 Å². The molecule has 4 rings (SSSR count). The van der Waals surface area contributed by atoms with Crippen molar-refractivity contribution in [1.29, 1.82) is 0 Å². The second-order valence-corrected chi connectivity index (χ2v) is 6.99. The Kier molecular flexibility index (Phi) is 4.26. The summed E-state index contributed by atoms with van der Waals surface area (Å²) in [7, 11) is 0. The number of aryl methyl sites for hydroxylation is 2. The molecule has 0 bridgehead atoms. The number of halogens is 1. The summed E-state index contributed by atoms with van der Waals surface area (Å²) in [5, 5.41) is 4.79. The molecule has 1 saturated heterocycles. The Morgan fingerprint density at radius 2 is 1.88 bits per heavy atom. The monoisotopic (exact) mass is 354 g/mol. The maximum atomic E-state index is 13.3. The predicted octanol–water partition coefficient (Wildman–Crippen LogP) is 3.84. The van der Waals surface area contributed by atoms with Gasteiger partial charge in [0, 0.05) is 43.1 Å². The number of anilines is 1. The second-order valence-electron chi connectivity index (χ2n) is 6.99. The Bertz CT molecular complexity index is 944. The second kappa shape index (κ2) is 6.59. The fourth-order valence-corrected chi connectivity index (χ4v) is 3.55. The van der Waals surface area contributed by atoms with E-state index in [0.717, 1.165) is 43.1 Å². The van der Waals surface area contributed by atoms with E-state index in [0.29, 0.717) is 5.75 Å². The van der Waals surface area contributed by atoms with Crippen LogP contribution in [0.5, 0.6) is 5.75 Å². The molecule has 0 amide bonds. The van der Waals surface area contributed by atoms with E-state index in [4.69, 9.17) is 9.84 Å². The van der Waals surface area contributed by atoms with Crippen molar-refractivity contribution >= 4 is 11.5 Å². The minimum absolute atomic E-state index is 0.105. The summed E-state index contributed by atoms with van der Waals surface area (Å²) in [6.07, 6.45) is 3.84. The molecule has 5 nitrogen and oxygen atoms in total. The molecule has 0 unspecified atom stereocenters. The van der Waals surface area contributed by atoms with E-state index in [9.17, 15) is 4.39 Å². The normalized spacial score (nSPS) is 15.6. The van der Waals surface area contributed by atoms with Gasteiger partial charge in [0.25, 0.3) is 0 Å². The van der Waals surface area contributed by atoms with Gasteiger partial charge in [-0.3, -0.25) is 0 Å². The SMILES string of the molecule is Cc1cn2nc(N3CCC(Oc4cccc(F)c4)CC3)c(C)c(C)c2n1. The number of hydrogen-bond acceptors (Lipinski definition) is 4. The van der Waals surface area contributed by atoms with Crippen LogP contribution in [0.1, 0.15) is 29.7 Å². The van der Waals surface area contributed by atoms with Gasteiger partial charge in [-0.1, -0.05) is 6.07 Å². The molecule has 2 aromatic heterocycles. The minimum Gasteiger partial charge on any atom is -0.490 e. The van der Waals surface area contributed by atoms with E-state index < -0.39 is 0 Å². The Balaban J connectivity index is 1.49. The molecule has 26 heavy (non-hydrogen) atoms. The number of aromatic nitrogens is 3. The van der Waals surface area contributed by atoms with Gasteiger partial charge in [0.1, 0.15) is 17.7 Å². The van der Waals surface area contributed by atoms with Crippen LogP contribution in [0, 0.1) is 26.6 Å². The van der Waals surface area contributed by atoms with Crippen molar-refractivity contribution in [2.24, 2.45) is 0 Å². The van der Waals surface area contributed by atoms with Crippen molar-refractivity contribution < 1.29 is 9.13 Å². The molecular weight excluding hydrogens is 331 g/mol. The van der Waals surface area contributed by atoms with Crippen LogP contribution in [-0.4, -0.2) is 33.8 Å². The van der Waals surface area contributed by atoms with E-state index in [1.807, 2.05) is 17.6 Å². The van der Waals surface area contributed by atoms with Gasteiger partial charge >= 0.3 is 0 Å². The highest BCUT2D eigenvalue weighted by Crippen LogP contribution is 2.27. The van der Waals surface area contributed by atoms with Crippen molar-refractivity contribution in [3.05, 3.63) is 53.1 Å². The first kappa shape index (κ1) is 16.8. The summed E-state index contributed by atoms with van der Waals surface area (Å²) >= 11 is 0. The number of hydrogen-bond donors (Lipinski definition) is 0. The van der Waals surface area contributed by atoms with Crippen molar-refractivity contribution in [3.63, 3.8) is 0 Å². The number of nitrogens with zero attached hydrogens (tertiary/aromatic N) is 4. The third-order valence-corrected chi connectivity index (χ3v) is 5.08. The van der Waals surface area contributed by atoms with E-state index >= 15 is 0 Å². The molecule has 6 heteroatoms. The zero-order valence-corrected chi connectivity index (χ0v) is 15.4. The Hall–Kier alpha value is -2.63. The number of benzene rings is 1. The molecule has 1 aliphatic heterocycles. The van der Waals surface area contributed by atoms with Crippen molar-refractivity contribution in [2.75, 3.05) is 18.0 Å². The van der Waals surface area contributed by atoms with Gasteiger partial charge in [0.15, 0.2) is 11.5 Å². The number of piperidine rings is 1. The van der Waals surface area contributed by atoms with E-state index in [1.54, 1.807) is 12.1 Å². The fraction of sp³-hybridized carbons (Fsp3) is 0.400. The third kappa shape index (κ3) is 3.11. The molecule has 0 atom stereocenters. The van der Waals surface area contributed by atoms with Gasteiger partial charge < -0.3 is 9.64 Å². The number of rotatable bonds is 3. The molecule has 1 aromatic carbocycles. The smallest absolute Gasteiger partial charge is 0.157 e. The van der Waals surface area contributed by atoms with Gasteiger partial charge in [-0.05, 0) is 32.9 Å². The Labute approximate surface area is 152 Å². The average Bonchev–Trinajstić information content (AvgIpc) is 3.00. The molecule has 136 valence electrons. The maximum absolute atomic E-state index is 13.3. The van der Waals surface area contributed by atoms with Crippen molar-refractivity contribution in [2.45, 2.75) is 39.7 Å². The Morgan fingerprint density at radius 1 is 1.12 bits per heavy atom. The lowest BCUT2D eigenvalue weighted by molar-refractivity contribution is 0.170. The minimum atomic E-state index is -0.265. The standard InChI is InChI=1S/C20H23FN4O/c1-13-12-25-19(22-13)14(2)15(3)20(23-25)24-9-7-17(8-10-24)26-18-6-4-5-16(21)11-18/h4-6,11-12,17H,7-10H2,1-3H3. The molecule has 0 aliphatic carbocycles. The lowest BCUT2D eigenvalue weighted by Crippen LogP contribution is -2.39. The summed E-state index contributed by atoms with van der Waals surface area (Å²) in [6.45, 7) is 7.93. The molecule has 1 fully saturated rings. The van der Waals surface area contributed by atoms with Gasteiger partial charge in [-0.2, -0.15) is 0 Å². The van der Waals surface area contributed by atoms with Crippen LogP contribution in [0.3, 0.4) is 0 Å². The highest BCUT2D eigenvalue weighted by atomic mass is 19.1. The summed E-state index contributed by atoms with van der Waals surface area (Å²) in [5.74, 6) is 1.35. The summed E-state index contributed by atoms with van der Waals surface area (Å²) in [5.41, 5.74) is 4.24. The maximum Gasteiger partial charge on any atom is 0.157 e. The number of ether oxygens (including phenoxy) is 1. The zero-order valence-electron chi connectivity index (χ0n) is 15.4. The molecule has 0 N–H and O–H groups in total.